The zero-order valence-electron chi connectivity index (χ0n) is 14.7. The number of nitrogens with zero attached hydrogens (tertiary/aromatic N) is 4. The van der Waals surface area contributed by atoms with Gasteiger partial charge in [-0.1, -0.05) is 30.3 Å². The minimum absolute atomic E-state index is 0.145. The highest BCUT2D eigenvalue weighted by Crippen LogP contribution is 2.20. The number of urea groups is 1. The Kier molecular flexibility index (Phi) is 4.57. The first-order valence-electron chi connectivity index (χ1n) is 8.98. The van der Waals surface area contributed by atoms with Crippen molar-refractivity contribution in [1.82, 2.24) is 30.3 Å². The van der Waals surface area contributed by atoms with Gasteiger partial charge in [0.2, 0.25) is 11.8 Å². The van der Waals surface area contributed by atoms with E-state index in [0.29, 0.717) is 32.5 Å². The third-order valence-electron chi connectivity index (χ3n) is 4.89. The molecule has 1 fully saturated rings. The molecule has 0 radical (unpaired) electrons. The van der Waals surface area contributed by atoms with E-state index >= 15 is 0 Å². The van der Waals surface area contributed by atoms with Gasteiger partial charge in [0.05, 0.1) is 0 Å². The second-order valence-electron chi connectivity index (χ2n) is 6.65. The summed E-state index contributed by atoms with van der Waals surface area (Å²) in [5.41, 5.74) is 0.983. The molecule has 0 spiro atoms. The second kappa shape index (κ2) is 7.18. The van der Waals surface area contributed by atoms with Gasteiger partial charge in [-0.2, -0.15) is 0 Å². The minimum Gasteiger partial charge on any atom is -0.339 e. The summed E-state index contributed by atoms with van der Waals surface area (Å²) in [4.78, 5) is 37.7. The average Bonchev–Trinajstić information content (AvgIpc) is 2.84. The first-order chi connectivity index (χ1) is 13.1. The van der Waals surface area contributed by atoms with Crippen molar-refractivity contribution in [1.29, 1.82) is 0 Å². The molecular weight excluding hydrogens is 348 g/mol. The van der Waals surface area contributed by atoms with Crippen molar-refractivity contribution in [3.8, 4) is 11.4 Å². The standard InChI is InChI=1S/C18H20N6O3/c25-15-7-6-13(19-18(27)20-15)17(26)23-9-8-14-21-22-16(24(14)11-10-23)12-4-2-1-3-5-12/h1-5,13H,6-11H2,(H2,19,20,25,27)/t13-/m1/s1. The van der Waals surface area contributed by atoms with Gasteiger partial charge in [0.25, 0.3) is 0 Å². The normalized spacial score (nSPS) is 20.1. The molecule has 140 valence electrons. The highest BCUT2D eigenvalue weighted by molar-refractivity contribution is 5.98. The molecule has 1 saturated heterocycles. The molecule has 0 aliphatic carbocycles. The molecule has 2 aliphatic rings. The van der Waals surface area contributed by atoms with Gasteiger partial charge in [-0.05, 0) is 6.42 Å². The Labute approximate surface area is 155 Å². The Morgan fingerprint density at radius 2 is 1.85 bits per heavy atom. The number of aromatic nitrogens is 3. The predicted octanol–water partition coefficient (Wildman–Crippen LogP) is 0.318. The van der Waals surface area contributed by atoms with E-state index < -0.39 is 12.1 Å². The molecule has 0 saturated carbocycles. The predicted molar refractivity (Wildman–Crippen MR) is 95.4 cm³/mol. The number of rotatable bonds is 2. The van der Waals surface area contributed by atoms with Gasteiger partial charge in [0, 0.05) is 38.0 Å². The number of carbonyl (C=O) groups excluding carboxylic acids is 3. The lowest BCUT2D eigenvalue weighted by Crippen LogP contribution is -2.50. The molecule has 4 amide bonds. The van der Waals surface area contributed by atoms with Gasteiger partial charge in [-0.15, -0.1) is 10.2 Å². The molecule has 2 aliphatic heterocycles. The Bertz CT molecular complexity index is 878. The fourth-order valence-corrected chi connectivity index (χ4v) is 3.48. The number of amides is 4. The molecule has 1 aromatic heterocycles. The Balaban J connectivity index is 1.49. The molecule has 1 aromatic carbocycles. The fraction of sp³-hybridized carbons (Fsp3) is 0.389. The van der Waals surface area contributed by atoms with Crippen LogP contribution in [0.1, 0.15) is 18.7 Å². The van der Waals surface area contributed by atoms with E-state index in [0.717, 1.165) is 17.2 Å². The highest BCUT2D eigenvalue weighted by atomic mass is 16.2. The number of hydrogen-bond donors (Lipinski definition) is 2. The van der Waals surface area contributed by atoms with Crippen molar-refractivity contribution in [2.45, 2.75) is 31.8 Å². The van der Waals surface area contributed by atoms with Crippen molar-refractivity contribution < 1.29 is 14.4 Å². The largest absolute Gasteiger partial charge is 0.339 e. The summed E-state index contributed by atoms with van der Waals surface area (Å²) in [6, 6.07) is 8.51. The Morgan fingerprint density at radius 3 is 2.67 bits per heavy atom. The summed E-state index contributed by atoms with van der Waals surface area (Å²) in [6.45, 7) is 1.58. The molecule has 3 heterocycles. The summed E-state index contributed by atoms with van der Waals surface area (Å²) in [6.07, 6.45) is 1.03. The molecule has 4 rings (SSSR count). The van der Waals surface area contributed by atoms with Crippen LogP contribution in [0.25, 0.3) is 11.4 Å². The van der Waals surface area contributed by atoms with Crippen LogP contribution in [-0.4, -0.2) is 56.6 Å². The smallest absolute Gasteiger partial charge is 0.322 e. The number of nitrogens with one attached hydrogen (secondary N) is 2. The van der Waals surface area contributed by atoms with Gasteiger partial charge in [0.15, 0.2) is 5.82 Å². The van der Waals surface area contributed by atoms with E-state index in [1.54, 1.807) is 4.90 Å². The Morgan fingerprint density at radius 1 is 1.04 bits per heavy atom. The lowest BCUT2D eigenvalue weighted by atomic mass is 10.1. The Hall–Kier alpha value is -3.23. The van der Waals surface area contributed by atoms with Crippen LogP contribution in [0.2, 0.25) is 0 Å². The van der Waals surface area contributed by atoms with E-state index in [9.17, 15) is 14.4 Å². The molecule has 0 unspecified atom stereocenters. The van der Waals surface area contributed by atoms with Gasteiger partial charge in [0.1, 0.15) is 11.9 Å². The summed E-state index contributed by atoms with van der Waals surface area (Å²) >= 11 is 0. The number of imide groups is 1. The van der Waals surface area contributed by atoms with Crippen molar-refractivity contribution in [3.63, 3.8) is 0 Å². The van der Waals surface area contributed by atoms with Crippen LogP contribution < -0.4 is 10.6 Å². The monoisotopic (exact) mass is 368 g/mol. The number of fused-ring (bicyclic) bond motifs is 1. The molecule has 9 nitrogen and oxygen atoms in total. The summed E-state index contributed by atoms with van der Waals surface area (Å²) in [7, 11) is 0. The SMILES string of the molecule is O=C1CC[C@H](C(=O)N2CCc3nnc(-c4ccccc4)n3CC2)NC(=O)N1. The molecule has 0 bridgehead atoms. The fourth-order valence-electron chi connectivity index (χ4n) is 3.48. The summed E-state index contributed by atoms with van der Waals surface area (Å²) < 4.78 is 2.04. The van der Waals surface area contributed by atoms with Crippen LogP contribution >= 0.6 is 0 Å². The van der Waals surface area contributed by atoms with E-state index in [2.05, 4.69) is 20.8 Å². The zero-order valence-corrected chi connectivity index (χ0v) is 14.7. The van der Waals surface area contributed by atoms with Crippen molar-refractivity contribution in [2.75, 3.05) is 13.1 Å². The van der Waals surface area contributed by atoms with Crippen LogP contribution in [-0.2, 0) is 22.6 Å². The maximum atomic E-state index is 12.9. The molecular formula is C18H20N6O3. The maximum absolute atomic E-state index is 12.9. The van der Waals surface area contributed by atoms with Crippen LogP contribution in [0.15, 0.2) is 30.3 Å². The van der Waals surface area contributed by atoms with Crippen LogP contribution in [0.3, 0.4) is 0 Å². The van der Waals surface area contributed by atoms with E-state index in [1.165, 1.54) is 0 Å². The lowest BCUT2D eigenvalue weighted by Gasteiger charge is -2.25. The minimum atomic E-state index is -0.686. The van der Waals surface area contributed by atoms with Gasteiger partial charge >= 0.3 is 6.03 Å². The second-order valence-corrected chi connectivity index (χ2v) is 6.65. The van der Waals surface area contributed by atoms with Gasteiger partial charge in [-0.25, -0.2) is 4.79 Å². The third kappa shape index (κ3) is 3.53. The topological polar surface area (TPSA) is 109 Å². The van der Waals surface area contributed by atoms with E-state index in [1.807, 2.05) is 34.9 Å². The van der Waals surface area contributed by atoms with Crippen molar-refractivity contribution >= 4 is 17.8 Å². The molecule has 2 aromatic rings. The van der Waals surface area contributed by atoms with Gasteiger partial charge in [-0.3, -0.25) is 14.9 Å². The third-order valence-corrected chi connectivity index (χ3v) is 4.89. The first kappa shape index (κ1) is 17.2. The molecule has 27 heavy (non-hydrogen) atoms. The van der Waals surface area contributed by atoms with Crippen molar-refractivity contribution in [3.05, 3.63) is 36.2 Å². The summed E-state index contributed by atoms with van der Waals surface area (Å²) in [5, 5.41) is 13.4. The molecule has 1 atom stereocenters. The number of benzene rings is 1. The molecule has 2 N–H and O–H groups in total. The first-order valence-corrected chi connectivity index (χ1v) is 8.98. The quantitative estimate of drug-likeness (QED) is 0.793. The highest BCUT2D eigenvalue weighted by Gasteiger charge is 2.31. The van der Waals surface area contributed by atoms with Crippen LogP contribution in [0.5, 0.6) is 0 Å². The number of carbonyl (C=O) groups is 3. The average molecular weight is 368 g/mol. The van der Waals surface area contributed by atoms with E-state index in [-0.39, 0.29) is 18.2 Å². The van der Waals surface area contributed by atoms with E-state index in [4.69, 9.17) is 0 Å². The van der Waals surface area contributed by atoms with Crippen molar-refractivity contribution in [2.24, 2.45) is 0 Å². The number of hydrogen-bond acceptors (Lipinski definition) is 5. The molecule has 9 heteroatoms. The maximum Gasteiger partial charge on any atom is 0.322 e. The van der Waals surface area contributed by atoms with Gasteiger partial charge < -0.3 is 14.8 Å². The summed E-state index contributed by atoms with van der Waals surface area (Å²) in [5.74, 6) is 1.10. The lowest BCUT2D eigenvalue weighted by molar-refractivity contribution is -0.133. The zero-order chi connectivity index (χ0) is 18.8. The van der Waals surface area contributed by atoms with Crippen LogP contribution in [0.4, 0.5) is 4.79 Å². The van der Waals surface area contributed by atoms with Crippen LogP contribution in [0, 0.1) is 0 Å².